The van der Waals surface area contributed by atoms with Crippen LogP contribution >= 0.6 is 0 Å². The average Bonchev–Trinajstić information content (AvgIpc) is 2.44. The molecule has 1 heterocycles. The number of hydrogen-bond donors (Lipinski definition) is 2. The van der Waals surface area contributed by atoms with Crippen LogP contribution in [0.25, 0.3) is 11.3 Å². The van der Waals surface area contributed by atoms with Crippen LogP contribution in [0.2, 0.25) is 0 Å². The number of ether oxygens (including phenoxy) is 1. The minimum atomic E-state index is -0.518. The van der Waals surface area contributed by atoms with Gasteiger partial charge in [-0.2, -0.15) is 0 Å². The van der Waals surface area contributed by atoms with Gasteiger partial charge >= 0.3 is 6.09 Å². The van der Waals surface area contributed by atoms with Crippen molar-refractivity contribution >= 4 is 6.09 Å². The zero-order valence-electron chi connectivity index (χ0n) is 13.0. The fourth-order valence-electron chi connectivity index (χ4n) is 1.95. The van der Waals surface area contributed by atoms with E-state index in [2.05, 4.69) is 10.3 Å². The molecule has 0 saturated carbocycles. The molecule has 0 saturated heterocycles. The molecule has 2 aromatic rings. The molecule has 0 aliphatic heterocycles. The van der Waals surface area contributed by atoms with E-state index in [4.69, 9.17) is 4.74 Å². The molecule has 0 bridgehead atoms. The molecule has 0 spiro atoms. The van der Waals surface area contributed by atoms with Crippen LogP contribution in [0.5, 0.6) is 0 Å². The van der Waals surface area contributed by atoms with Crippen molar-refractivity contribution in [2.24, 2.45) is 0 Å². The van der Waals surface area contributed by atoms with Gasteiger partial charge in [0.2, 0.25) is 5.56 Å². The zero-order valence-corrected chi connectivity index (χ0v) is 13.0. The van der Waals surface area contributed by atoms with Gasteiger partial charge in [0.1, 0.15) is 5.60 Å². The van der Waals surface area contributed by atoms with E-state index in [1.807, 2.05) is 51.1 Å². The summed E-state index contributed by atoms with van der Waals surface area (Å²) in [5.74, 6) is 0. The van der Waals surface area contributed by atoms with Gasteiger partial charge in [0.05, 0.1) is 0 Å². The first-order chi connectivity index (χ1) is 10.3. The number of carbonyl (C=O) groups excluding carboxylic acids is 1. The maximum Gasteiger partial charge on any atom is 0.407 e. The number of H-pyrrole nitrogens is 1. The second-order valence-electron chi connectivity index (χ2n) is 5.98. The topological polar surface area (TPSA) is 71.2 Å². The SMILES string of the molecule is CC(C)(C)OC(=O)NCc1cccc(-c2cccc(=O)[nH]2)c1. The Bertz CT molecular complexity index is 714. The molecule has 116 valence electrons. The molecule has 22 heavy (non-hydrogen) atoms. The molecule has 1 aromatic carbocycles. The minimum absolute atomic E-state index is 0.144. The molecular weight excluding hydrogens is 280 g/mol. The lowest BCUT2D eigenvalue weighted by Crippen LogP contribution is -2.32. The maximum absolute atomic E-state index is 11.7. The van der Waals surface area contributed by atoms with E-state index in [0.717, 1.165) is 16.8 Å². The number of carbonyl (C=O) groups is 1. The number of amides is 1. The Morgan fingerprint density at radius 3 is 2.59 bits per heavy atom. The molecule has 0 fully saturated rings. The van der Waals surface area contributed by atoms with Gasteiger partial charge in [0.25, 0.3) is 0 Å². The molecule has 5 heteroatoms. The Balaban J connectivity index is 2.06. The Morgan fingerprint density at radius 2 is 1.91 bits per heavy atom. The van der Waals surface area contributed by atoms with Crippen molar-refractivity contribution in [3.05, 3.63) is 58.4 Å². The summed E-state index contributed by atoms with van der Waals surface area (Å²) in [6.07, 6.45) is -0.453. The van der Waals surface area contributed by atoms with Gasteiger partial charge in [-0.1, -0.05) is 24.3 Å². The van der Waals surface area contributed by atoms with Crippen LogP contribution in [0.3, 0.4) is 0 Å². The third-order valence-corrected chi connectivity index (χ3v) is 2.84. The highest BCUT2D eigenvalue weighted by molar-refractivity contribution is 5.68. The van der Waals surface area contributed by atoms with Crippen LogP contribution in [0.1, 0.15) is 26.3 Å². The van der Waals surface area contributed by atoms with Crippen molar-refractivity contribution < 1.29 is 9.53 Å². The van der Waals surface area contributed by atoms with Gasteiger partial charge in [-0.3, -0.25) is 4.79 Å². The summed E-state index contributed by atoms with van der Waals surface area (Å²) < 4.78 is 5.19. The van der Waals surface area contributed by atoms with Crippen molar-refractivity contribution in [2.45, 2.75) is 32.9 Å². The zero-order chi connectivity index (χ0) is 16.2. The molecule has 2 N–H and O–H groups in total. The van der Waals surface area contributed by atoms with Gasteiger partial charge in [-0.05, 0) is 44.0 Å². The molecule has 1 aromatic heterocycles. The summed E-state index contributed by atoms with van der Waals surface area (Å²) in [6, 6.07) is 12.6. The monoisotopic (exact) mass is 300 g/mol. The summed E-state index contributed by atoms with van der Waals surface area (Å²) >= 11 is 0. The van der Waals surface area contributed by atoms with Crippen LogP contribution < -0.4 is 10.9 Å². The summed E-state index contributed by atoms with van der Waals surface area (Å²) in [4.78, 5) is 25.8. The average molecular weight is 300 g/mol. The number of rotatable bonds is 3. The van der Waals surface area contributed by atoms with Gasteiger partial charge < -0.3 is 15.0 Å². The van der Waals surface area contributed by atoms with Gasteiger partial charge in [-0.25, -0.2) is 4.79 Å². The highest BCUT2D eigenvalue weighted by Gasteiger charge is 2.15. The number of benzene rings is 1. The lowest BCUT2D eigenvalue weighted by Gasteiger charge is -2.19. The Labute approximate surface area is 129 Å². The molecule has 0 atom stereocenters. The fraction of sp³-hybridized carbons (Fsp3) is 0.294. The van der Waals surface area contributed by atoms with Crippen molar-refractivity contribution in [1.82, 2.24) is 10.3 Å². The molecule has 0 aliphatic carbocycles. The second-order valence-corrected chi connectivity index (χ2v) is 5.98. The maximum atomic E-state index is 11.7. The first kappa shape index (κ1) is 15.8. The Hall–Kier alpha value is -2.56. The van der Waals surface area contributed by atoms with Crippen molar-refractivity contribution in [3.63, 3.8) is 0 Å². The molecule has 0 aliphatic rings. The normalized spacial score (nSPS) is 11.0. The van der Waals surface area contributed by atoms with Crippen LogP contribution in [-0.2, 0) is 11.3 Å². The predicted octanol–water partition coefficient (Wildman–Crippen LogP) is 3.07. The van der Waals surface area contributed by atoms with Crippen molar-refractivity contribution in [1.29, 1.82) is 0 Å². The van der Waals surface area contributed by atoms with Crippen LogP contribution in [0.4, 0.5) is 4.79 Å². The standard InChI is InChI=1S/C17H20N2O3/c1-17(2,3)22-16(21)18-11-12-6-4-7-13(10-12)14-8-5-9-15(20)19-14/h4-10H,11H2,1-3H3,(H,18,21)(H,19,20). The first-order valence-corrected chi connectivity index (χ1v) is 7.09. The van der Waals surface area contributed by atoms with Gasteiger partial charge in [0, 0.05) is 18.3 Å². The molecule has 0 radical (unpaired) electrons. The van der Waals surface area contributed by atoms with E-state index in [1.54, 1.807) is 6.07 Å². The number of aromatic amines is 1. The Morgan fingerprint density at radius 1 is 1.18 bits per heavy atom. The quantitative estimate of drug-likeness (QED) is 0.915. The molecule has 5 nitrogen and oxygen atoms in total. The number of pyridine rings is 1. The van der Waals surface area contributed by atoms with E-state index in [9.17, 15) is 9.59 Å². The highest BCUT2D eigenvalue weighted by atomic mass is 16.6. The third-order valence-electron chi connectivity index (χ3n) is 2.84. The highest BCUT2D eigenvalue weighted by Crippen LogP contribution is 2.17. The van der Waals surface area contributed by atoms with E-state index < -0.39 is 11.7 Å². The largest absolute Gasteiger partial charge is 0.444 e. The number of aromatic nitrogens is 1. The summed E-state index contributed by atoms with van der Waals surface area (Å²) in [5.41, 5.74) is 1.89. The summed E-state index contributed by atoms with van der Waals surface area (Å²) in [7, 11) is 0. The Kier molecular flexibility index (Phi) is 4.65. The summed E-state index contributed by atoms with van der Waals surface area (Å²) in [6.45, 7) is 5.82. The second kappa shape index (κ2) is 6.47. The number of nitrogens with one attached hydrogen (secondary N) is 2. The fourth-order valence-corrected chi connectivity index (χ4v) is 1.95. The van der Waals surface area contributed by atoms with Gasteiger partial charge in [-0.15, -0.1) is 0 Å². The number of hydrogen-bond acceptors (Lipinski definition) is 3. The molecule has 1 amide bonds. The van der Waals surface area contributed by atoms with Crippen LogP contribution in [0, 0.1) is 0 Å². The lowest BCUT2D eigenvalue weighted by atomic mass is 10.1. The van der Waals surface area contributed by atoms with Gasteiger partial charge in [0.15, 0.2) is 0 Å². The molecular formula is C17H20N2O3. The lowest BCUT2D eigenvalue weighted by molar-refractivity contribution is 0.0523. The minimum Gasteiger partial charge on any atom is -0.444 e. The smallest absolute Gasteiger partial charge is 0.407 e. The molecule has 0 unspecified atom stereocenters. The van der Waals surface area contributed by atoms with Crippen LogP contribution in [0.15, 0.2) is 47.3 Å². The third kappa shape index (κ3) is 4.77. The van der Waals surface area contributed by atoms with E-state index in [-0.39, 0.29) is 5.56 Å². The summed E-state index contributed by atoms with van der Waals surface area (Å²) in [5, 5.41) is 2.71. The van der Waals surface area contributed by atoms with E-state index >= 15 is 0 Å². The van der Waals surface area contributed by atoms with E-state index in [1.165, 1.54) is 6.07 Å². The molecule has 2 rings (SSSR count). The number of alkyl carbamates (subject to hydrolysis) is 1. The van der Waals surface area contributed by atoms with Crippen molar-refractivity contribution in [2.75, 3.05) is 0 Å². The van der Waals surface area contributed by atoms with E-state index in [0.29, 0.717) is 6.54 Å². The first-order valence-electron chi connectivity index (χ1n) is 7.09. The van der Waals surface area contributed by atoms with Crippen molar-refractivity contribution in [3.8, 4) is 11.3 Å². The predicted molar refractivity (Wildman–Crippen MR) is 85.6 cm³/mol. The van der Waals surface area contributed by atoms with Crippen LogP contribution in [-0.4, -0.2) is 16.7 Å².